The zero-order valence-electron chi connectivity index (χ0n) is 8.58. The SMILES string of the molecule is C=C/C=C/C/C=C/CC/C=C/CC. The Morgan fingerprint density at radius 2 is 1.62 bits per heavy atom. The Labute approximate surface area is 82.4 Å². The van der Waals surface area contributed by atoms with Crippen molar-refractivity contribution in [2.45, 2.75) is 32.6 Å². The van der Waals surface area contributed by atoms with Gasteiger partial charge in [-0.25, -0.2) is 0 Å². The molecule has 0 saturated heterocycles. The summed E-state index contributed by atoms with van der Waals surface area (Å²) in [4.78, 5) is 0. The number of allylic oxidation sites excluding steroid dienone is 7. The van der Waals surface area contributed by atoms with E-state index < -0.39 is 0 Å². The van der Waals surface area contributed by atoms with Crippen molar-refractivity contribution in [1.29, 1.82) is 0 Å². The van der Waals surface area contributed by atoms with Gasteiger partial charge in [-0.1, -0.05) is 56.0 Å². The van der Waals surface area contributed by atoms with Crippen LogP contribution in [-0.4, -0.2) is 0 Å². The Morgan fingerprint density at radius 1 is 0.923 bits per heavy atom. The van der Waals surface area contributed by atoms with E-state index in [9.17, 15) is 0 Å². The summed E-state index contributed by atoms with van der Waals surface area (Å²) in [5.74, 6) is 0. The van der Waals surface area contributed by atoms with Crippen LogP contribution in [0, 0.1) is 0 Å². The van der Waals surface area contributed by atoms with E-state index in [1.54, 1.807) is 6.08 Å². The Morgan fingerprint density at radius 3 is 2.23 bits per heavy atom. The Hall–Kier alpha value is -1.04. The highest BCUT2D eigenvalue weighted by molar-refractivity contribution is 5.01. The molecule has 0 amide bonds. The summed E-state index contributed by atoms with van der Waals surface area (Å²) in [5.41, 5.74) is 0. The molecule has 0 aromatic carbocycles. The van der Waals surface area contributed by atoms with Gasteiger partial charge < -0.3 is 0 Å². The maximum absolute atomic E-state index is 3.61. The van der Waals surface area contributed by atoms with Gasteiger partial charge in [0.25, 0.3) is 0 Å². The Kier molecular flexibility index (Phi) is 10.1. The minimum atomic E-state index is 1.02. The molecule has 13 heavy (non-hydrogen) atoms. The van der Waals surface area contributed by atoms with Crippen LogP contribution in [0.2, 0.25) is 0 Å². The summed E-state index contributed by atoms with van der Waals surface area (Å²) in [6.07, 6.45) is 19.2. The molecule has 0 aliphatic carbocycles. The largest absolute Gasteiger partial charge is 0.0991 e. The first-order valence-electron chi connectivity index (χ1n) is 4.99. The lowest BCUT2D eigenvalue weighted by Gasteiger charge is -1.85. The molecule has 72 valence electrons. The van der Waals surface area contributed by atoms with E-state index >= 15 is 0 Å². The lowest BCUT2D eigenvalue weighted by molar-refractivity contribution is 1.03. The van der Waals surface area contributed by atoms with Crippen molar-refractivity contribution in [3.63, 3.8) is 0 Å². The highest BCUT2D eigenvalue weighted by atomic mass is 13.8. The number of rotatable bonds is 7. The molecule has 0 aromatic heterocycles. The first-order chi connectivity index (χ1) is 6.41. The average Bonchev–Trinajstić information content (AvgIpc) is 2.16. The van der Waals surface area contributed by atoms with Crippen LogP contribution in [0.5, 0.6) is 0 Å². The maximum Gasteiger partial charge on any atom is -0.0166 e. The molecule has 0 unspecified atom stereocenters. The van der Waals surface area contributed by atoms with E-state index in [1.807, 2.05) is 6.08 Å². The van der Waals surface area contributed by atoms with E-state index in [0.717, 1.165) is 25.7 Å². The predicted octanol–water partition coefficient (Wildman–Crippen LogP) is 4.42. The van der Waals surface area contributed by atoms with Crippen LogP contribution >= 0.6 is 0 Å². The van der Waals surface area contributed by atoms with Gasteiger partial charge in [0.2, 0.25) is 0 Å². The van der Waals surface area contributed by atoms with Crippen molar-refractivity contribution >= 4 is 0 Å². The molecule has 0 heteroatoms. The zero-order valence-corrected chi connectivity index (χ0v) is 8.58. The van der Waals surface area contributed by atoms with Crippen molar-refractivity contribution < 1.29 is 0 Å². The molecule has 0 saturated carbocycles. The minimum Gasteiger partial charge on any atom is -0.0991 e. The predicted molar refractivity (Wildman–Crippen MR) is 61.8 cm³/mol. The lowest BCUT2D eigenvalue weighted by Crippen LogP contribution is -1.65. The van der Waals surface area contributed by atoms with Crippen molar-refractivity contribution in [2.75, 3.05) is 0 Å². The molecule has 0 spiro atoms. The normalized spacial score (nSPS) is 12.1. The van der Waals surface area contributed by atoms with Gasteiger partial charge in [0.1, 0.15) is 0 Å². The van der Waals surface area contributed by atoms with Crippen molar-refractivity contribution in [2.24, 2.45) is 0 Å². The quantitative estimate of drug-likeness (QED) is 0.306. The molecule has 0 radical (unpaired) electrons. The summed E-state index contributed by atoms with van der Waals surface area (Å²) in [5, 5.41) is 0. The molecule has 0 fully saturated rings. The van der Waals surface area contributed by atoms with Gasteiger partial charge in [-0.15, -0.1) is 0 Å². The van der Waals surface area contributed by atoms with E-state index in [2.05, 4.69) is 43.9 Å². The van der Waals surface area contributed by atoms with Crippen LogP contribution in [0.1, 0.15) is 32.6 Å². The zero-order chi connectivity index (χ0) is 9.78. The lowest BCUT2D eigenvalue weighted by atomic mass is 10.2. The summed E-state index contributed by atoms with van der Waals surface area (Å²) in [7, 11) is 0. The van der Waals surface area contributed by atoms with E-state index in [1.165, 1.54) is 0 Å². The number of hydrogen-bond donors (Lipinski definition) is 0. The second kappa shape index (κ2) is 11.0. The molecule has 0 aliphatic rings. The van der Waals surface area contributed by atoms with Crippen molar-refractivity contribution in [3.05, 3.63) is 49.1 Å². The topological polar surface area (TPSA) is 0 Å². The second-order valence-electron chi connectivity index (χ2n) is 2.83. The first kappa shape index (κ1) is 12.0. The van der Waals surface area contributed by atoms with E-state index in [4.69, 9.17) is 0 Å². The van der Waals surface area contributed by atoms with Crippen LogP contribution in [0.4, 0.5) is 0 Å². The average molecular weight is 176 g/mol. The van der Waals surface area contributed by atoms with E-state index in [0.29, 0.717) is 0 Å². The molecular formula is C13H20. The van der Waals surface area contributed by atoms with Gasteiger partial charge in [-0.2, -0.15) is 0 Å². The van der Waals surface area contributed by atoms with Gasteiger partial charge in [0, 0.05) is 0 Å². The third-order valence-electron chi connectivity index (χ3n) is 1.61. The van der Waals surface area contributed by atoms with Gasteiger partial charge in [0.15, 0.2) is 0 Å². The third kappa shape index (κ3) is 11.0. The molecule has 0 rings (SSSR count). The molecule has 0 aromatic rings. The van der Waals surface area contributed by atoms with Crippen molar-refractivity contribution in [3.8, 4) is 0 Å². The smallest absolute Gasteiger partial charge is 0.0166 e. The summed E-state index contributed by atoms with van der Waals surface area (Å²) < 4.78 is 0. The maximum atomic E-state index is 3.61. The van der Waals surface area contributed by atoms with Crippen LogP contribution in [0.3, 0.4) is 0 Å². The summed E-state index contributed by atoms with van der Waals surface area (Å²) in [6, 6.07) is 0. The van der Waals surface area contributed by atoms with Crippen LogP contribution < -0.4 is 0 Å². The molecule has 0 nitrogen and oxygen atoms in total. The van der Waals surface area contributed by atoms with Crippen LogP contribution in [-0.2, 0) is 0 Å². The first-order valence-corrected chi connectivity index (χ1v) is 4.99. The monoisotopic (exact) mass is 176 g/mol. The fourth-order valence-electron chi connectivity index (χ4n) is 0.944. The molecule has 0 N–H and O–H groups in total. The van der Waals surface area contributed by atoms with Crippen LogP contribution in [0.15, 0.2) is 49.1 Å². The van der Waals surface area contributed by atoms with Gasteiger partial charge in [0.05, 0.1) is 0 Å². The number of unbranched alkanes of at least 4 members (excludes halogenated alkanes) is 1. The van der Waals surface area contributed by atoms with Gasteiger partial charge >= 0.3 is 0 Å². The molecule has 0 heterocycles. The molecule has 0 bridgehead atoms. The standard InChI is InChI=1S/C13H20/c1-3-5-7-9-11-13-12-10-8-6-4-2/h3,5-8,11,13H,1,4,9-10,12H2,2H3/b7-5+,8-6+,13-11+. The Balaban J connectivity index is 3.26. The summed E-state index contributed by atoms with van der Waals surface area (Å²) >= 11 is 0. The second-order valence-corrected chi connectivity index (χ2v) is 2.83. The molecule has 0 atom stereocenters. The van der Waals surface area contributed by atoms with Gasteiger partial charge in [-0.05, 0) is 25.7 Å². The highest BCUT2D eigenvalue weighted by Crippen LogP contribution is 1.95. The Bertz CT molecular complexity index is 182. The fourth-order valence-corrected chi connectivity index (χ4v) is 0.944. The fraction of sp³-hybridized carbons (Fsp3) is 0.385. The summed E-state index contributed by atoms with van der Waals surface area (Å²) in [6.45, 7) is 5.77. The number of hydrogen-bond acceptors (Lipinski definition) is 0. The van der Waals surface area contributed by atoms with Crippen molar-refractivity contribution in [1.82, 2.24) is 0 Å². The minimum absolute atomic E-state index is 1.02. The molecular weight excluding hydrogens is 156 g/mol. The van der Waals surface area contributed by atoms with E-state index in [-0.39, 0.29) is 0 Å². The third-order valence-corrected chi connectivity index (χ3v) is 1.61. The molecule has 0 aliphatic heterocycles. The van der Waals surface area contributed by atoms with Crippen LogP contribution in [0.25, 0.3) is 0 Å². The highest BCUT2D eigenvalue weighted by Gasteiger charge is 1.75. The van der Waals surface area contributed by atoms with Gasteiger partial charge in [-0.3, -0.25) is 0 Å².